The third kappa shape index (κ3) is 9.20. The van der Waals surface area contributed by atoms with Crippen LogP contribution in [0.15, 0.2) is 60.7 Å². The number of rotatable bonds is 12. The van der Waals surface area contributed by atoms with Gasteiger partial charge in [-0.1, -0.05) is 62.1 Å². The van der Waals surface area contributed by atoms with E-state index in [0.29, 0.717) is 53.7 Å². The molecule has 0 spiro atoms. The zero-order valence-electron chi connectivity index (χ0n) is 27.1. The molecule has 1 atom stereocenters. The fourth-order valence-electron chi connectivity index (χ4n) is 7.49. The van der Waals surface area contributed by atoms with Crippen LogP contribution >= 0.6 is 0 Å². The summed E-state index contributed by atoms with van der Waals surface area (Å²) < 4.78 is 28.0. The van der Waals surface area contributed by atoms with Crippen LogP contribution in [0.4, 0.5) is 14.5 Å². The highest BCUT2D eigenvalue weighted by Gasteiger charge is 2.25. The Labute approximate surface area is 272 Å². The van der Waals surface area contributed by atoms with Crippen molar-refractivity contribution in [1.29, 1.82) is 0 Å². The molecule has 2 aliphatic rings. The van der Waals surface area contributed by atoms with Gasteiger partial charge < -0.3 is 5.32 Å². The maximum Gasteiger partial charge on any atom is 0.258 e. The van der Waals surface area contributed by atoms with E-state index < -0.39 is 17.5 Å². The highest BCUT2D eigenvalue weighted by molar-refractivity contribution is 6.06. The molecule has 2 saturated carbocycles. The normalized spacial score (nSPS) is 20.2. The van der Waals surface area contributed by atoms with Crippen LogP contribution in [0, 0.1) is 30.4 Å². The number of anilines is 1. The van der Waals surface area contributed by atoms with Crippen LogP contribution in [-0.4, -0.2) is 17.5 Å². The largest absolute Gasteiger partial charge is 0.322 e. The molecule has 0 heterocycles. The van der Waals surface area contributed by atoms with Gasteiger partial charge in [-0.3, -0.25) is 14.4 Å². The molecule has 1 amide bonds. The predicted octanol–water partition coefficient (Wildman–Crippen LogP) is 10.3. The molecule has 3 aromatic rings. The Balaban J connectivity index is 1.22. The zero-order chi connectivity index (χ0) is 32.5. The molecule has 0 saturated heterocycles. The number of carbonyl (C=O) groups excluding carboxylic acids is 3. The van der Waals surface area contributed by atoms with Crippen molar-refractivity contribution in [1.82, 2.24) is 0 Å². The number of hydrogen-bond acceptors (Lipinski definition) is 3. The molecule has 0 bridgehead atoms. The molecule has 0 radical (unpaired) electrons. The van der Waals surface area contributed by atoms with E-state index in [9.17, 15) is 23.2 Å². The fraction of sp³-hybridized carbons (Fsp3) is 0.475. The number of Topliss-reactive ketones (excluding diaryl/α,β-unsaturated/α-hetero) is 2. The van der Waals surface area contributed by atoms with Crippen LogP contribution in [-0.2, 0) is 11.2 Å². The third-order valence-electron chi connectivity index (χ3n) is 10.3. The highest BCUT2D eigenvalue weighted by Crippen LogP contribution is 2.39. The summed E-state index contributed by atoms with van der Waals surface area (Å²) in [5, 5.41) is 2.86. The summed E-state index contributed by atoms with van der Waals surface area (Å²) in [5.41, 5.74) is 4.50. The van der Waals surface area contributed by atoms with E-state index >= 15 is 0 Å². The summed E-state index contributed by atoms with van der Waals surface area (Å²) in [7, 11) is 0. The first kappa shape index (κ1) is 33.7. The van der Waals surface area contributed by atoms with Crippen LogP contribution in [0.3, 0.4) is 0 Å². The Morgan fingerprint density at radius 2 is 1.63 bits per heavy atom. The van der Waals surface area contributed by atoms with Gasteiger partial charge in [0.2, 0.25) is 0 Å². The Morgan fingerprint density at radius 3 is 2.41 bits per heavy atom. The first-order chi connectivity index (χ1) is 22.3. The molecule has 4 nitrogen and oxygen atoms in total. The molecule has 0 aromatic heterocycles. The lowest BCUT2D eigenvalue weighted by Crippen LogP contribution is -2.19. The number of ketones is 2. The summed E-state index contributed by atoms with van der Waals surface area (Å²) in [6.07, 6.45) is 14.0. The van der Waals surface area contributed by atoms with Crippen molar-refractivity contribution >= 4 is 23.2 Å². The van der Waals surface area contributed by atoms with Gasteiger partial charge in [0.1, 0.15) is 17.4 Å². The number of amides is 1. The van der Waals surface area contributed by atoms with Gasteiger partial charge in [-0.15, -0.1) is 0 Å². The van der Waals surface area contributed by atoms with E-state index in [1.165, 1.54) is 11.1 Å². The number of aryl methyl sites for hydroxylation is 1. The fourth-order valence-corrected chi connectivity index (χ4v) is 7.49. The van der Waals surface area contributed by atoms with Gasteiger partial charge in [0.25, 0.3) is 5.91 Å². The lowest BCUT2D eigenvalue weighted by molar-refractivity contribution is -0.118. The van der Waals surface area contributed by atoms with Crippen LogP contribution < -0.4 is 5.32 Å². The number of hydrogen-bond donors (Lipinski definition) is 1. The van der Waals surface area contributed by atoms with Crippen LogP contribution in [0.5, 0.6) is 0 Å². The van der Waals surface area contributed by atoms with Crippen molar-refractivity contribution in [2.24, 2.45) is 11.8 Å². The molecular formula is C40H47F2NO3. The lowest BCUT2D eigenvalue weighted by Gasteiger charge is -2.30. The summed E-state index contributed by atoms with van der Waals surface area (Å²) >= 11 is 0. The highest BCUT2D eigenvalue weighted by atomic mass is 19.1. The van der Waals surface area contributed by atoms with Gasteiger partial charge in [-0.25, -0.2) is 8.78 Å². The van der Waals surface area contributed by atoms with E-state index in [1.54, 1.807) is 6.07 Å². The van der Waals surface area contributed by atoms with Gasteiger partial charge in [-0.05, 0) is 111 Å². The summed E-state index contributed by atoms with van der Waals surface area (Å²) in [6.45, 7) is 2.17. The minimum absolute atomic E-state index is 0.0220. The van der Waals surface area contributed by atoms with Crippen LogP contribution in [0.2, 0.25) is 0 Å². The number of unbranched alkanes of at least 4 members (excludes halogenated alkanes) is 2. The molecule has 0 aliphatic heterocycles. The molecule has 0 unspecified atom stereocenters. The summed E-state index contributed by atoms with van der Waals surface area (Å²) in [6, 6.07) is 17.0. The molecule has 5 rings (SSSR count). The van der Waals surface area contributed by atoms with E-state index in [-0.39, 0.29) is 11.3 Å². The second-order valence-electron chi connectivity index (χ2n) is 13.6. The van der Waals surface area contributed by atoms with Gasteiger partial charge >= 0.3 is 0 Å². The lowest BCUT2D eigenvalue weighted by atomic mass is 9.75. The Bertz CT molecular complexity index is 1520. The minimum atomic E-state index is -0.920. The molecule has 2 aliphatic carbocycles. The van der Waals surface area contributed by atoms with Gasteiger partial charge in [0, 0.05) is 36.6 Å². The predicted molar refractivity (Wildman–Crippen MR) is 179 cm³/mol. The van der Waals surface area contributed by atoms with Crippen LogP contribution in [0.25, 0.3) is 0 Å². The zero-order valence-corrected chi connectivity index (χ0v) is 27.1. The third-order valence-corrected chi connectivity index (χ3v) is 10.3. The first-order valence-corrected chi connectivity index (χ1v) is 17.3. The molecule has 1 N–H and O–H groups in total. The van der Waals surface area contributed by atoms with Crippen molar-refractivity contribution < 1.29 is 23.2 Å². The Hall–Kier alpha value is -3.67. The van der Waals surface area contributed by atoms with E-state index in [4.69, 9.17) is 0 Å². The second-order valence-corrected chi connectivity index (χ2v) is 13.6. The number of benzene rings is 3. The maximum absolute atomic E-state index is 14.5. The monoisotopic (exact) mass is 627 g/mol. The Kier molecular flexibility index (Phi) is 11.9. The molecule has 2 fully saturated rings. The number of nitrogens with one attached hydrogen (secondary N) is 1. The summed E-state index contributed by atoms with van der Waals surface area (Å²) in [4.78, 5) is 38.1. The van der Waals surface area contributed by atoms with Gasteiger partial charge in [0.15, 0.2) is 5.78 Å². The van der Waals surface area contributed by atoms with Gasteiger partial charge in [-0.2, -0.15) is 0 Å². The van der Waals surface area contributed by atoms with Crippen LogP contribution in [0.1, 0.15) is 133 Å². The molecule has 3 aromatic carbocycles. The quantitative estimate of drug-likeness (QED) is 0.123. The molecular weight excluding hydrogens is 580 g/mol. The van der Waals surface area contributed by atoms with E-state index in [0.717, 1.165) is 101 Å². The van der Waals surface area contributed by atoms with Gasteiger partial charge in [0.05, 0.1) is 5.56 Å². The van der Waals surface area contributed by atoms with E-state index in [1.807, 2.05) is 12.1 Å². The average molecular weight is 628 g/mol. The van der Waals surface area contributed by atoms with E-state index in [2.05, 4.69) is 36.5 Å². The maximum atomic E-state index is 14.5. The van der Waals surface area contributed by atoms with Crippen molar-refractivity contribution in [2.45, 2.75) is 109 Å². The average Bonchev–Trinajstić information content (AvgIpc) is 3.25. The van der Waals surface area contributed by atoms with Crippen molar-refractivity contribution in [3.63, 3.8) is 0 Å². The van der Waals surface area contributed by atoms with Crippen molar-refractivity contribution in [2.75, 3.05) is 5.32 Å². The minimum Gasteiger partial charge on any atom is -0.322 e. The number of halogens is 2. The molecule has 6 heteroatoms. The topological polar surface area (TPSA) is 63.2 Å². The van der Waals surface area contributed by atoms with Crippen molar-refractivity contribution in [3.8, 4) is 0 Å². The first-order valence-electron chi connectivity index (χ1n) is 17.3. The Morgan fingerprint density at radius 1 is 0.826 bits per heavy atom. The standard InChI is InChI=1S/C40H47F2NO3/c1-27-8-5-6-12-35(27)30-17-14-29(15-18-30)24-31-19-20-32(25-38(31)43-40(46)36-23-21-33(41)26-37(36)42)39(45)13-4-2-3-9-28-10-7-11-34(44)22-16-28/h5-6,8,12,19-21,23,25-26,28-30H,2-4,7,9-11,13-18,22,24H2,1H3,(H,43,46)/t28-,29?,30?/m1/s1. The smallest absolute Gasteiger partial charge is 0.258 e. The number of carbonyl (C=O) groups is 3. The molecule has 244 valence electrons. The summed E-state index contributed by atoms with van der Waals surface area (Å²) in [5.74, 6) is -0.307. The second kappa shape index (κ2) is 16.2. The van der Waals surface area contributed by atoms with Crippen molar-refractivity contribution in [3.05, 3.63) is 100 Å². The molecule has 46 heavy (non-hydrogen) atoms. The SMILES string of the molecule is Cc1ccccc1C1CCC(Cc2ccc(C(=O)CCCCC[C@@H]3CCCC(=O)CC3)cc2NC(=O)c2ccc(F)cc2F)CC1.